The SMILES string of the molecule is CC(=O)NCC#Cc1cncc(C)c1. The molecule has 0 atom stereocenters. The van der Waals surface area contributed by atoms with Gasteiger partial charge in [0.1, 0.15) is 0 Å². The molecule has 1 aromatic heterocycles. The number of nitrogens with zero attached hydrogens (tertiary/aromatic N) is 1. The fraction of sp³-hybridized carbons (Fsp3) is 0.273. The first kappa shape index (κ1) is 10.3. The first-order valence-electron chi connectivity index (χ1n) is 4.33. The Bertz CT molecular complexity index is 388. The minimum Gasteiger partial charge on any atom is -0.345 e. The Kier molecular flexibility index (Phi) is 3.69. The minimum atomic E-state index is -0.0679. The average Bonchev–Trinajstić information content (AvgIpc) is 2.12. The molecule has 0 aromatic carbocycles. The van der Waals surface area contributed by atoms with Crippen LogP contribution in [0.4, 0.5) is 0 Å². The molecule has 1 amide bonds. The molecule has 0 spiro atoms. The van der Waals surface area contributed by atoms with E-state index in [0.29, 0.717) is 6.54 Å². The van der Waals surface area contributed by atoms with Crippen molar-refractivity contribution in [2.24, 2.45) is 0 Å². The third kappa shape index (κ3) is 3.72. The number of amides is 1. The fourth-order valence-corrected chi connectivity index (χ4v) is 0.938. The Morgan fingerprint density at radius 1 is 1.57 bits per heavy atom. The number of nitrogens with one attached hydrogen (secondary N) is 1. The zero-order valence-corrected chi connectivity index (χ0v) is 8.29. The van der Waals surface area contributed by atoms with Gasteiger partial charge in [0.05, 0.1) is 6.54 Å². The van der Waals surface area contributed by atoms with Crippen molar-refractivity contribution < 1.29 is 4.79 Å². The molecular weight excluding hydrogens is 176 g/mol. The van der Waals surface area contributed by atoms with Crippen LogP contribution in [-0.2, 0) is 4.79 Å². The second kappa shape index (κ2) is 5.03. The lowest BCUT2D eigenvalue weighted by atomic mass is 10.2. The third-order valence-electron chi connectivity index (χ3n) is 1.53. The predicted molar refractivity (Wildman–Crippen MR) is 54.5 cm³/mol. The van der Waals surface area contributed by atoms with E-state index in [-0.39, 0.29) is 5.91 Å². The molecule has 0 radical (unpaired) electrons. The molecule has 72 valence electrons. The summed E-state index contributed by atoms with van der Waals surface area (Å²) in [6.45, 7) is 3.81. The highest BCUT2D eigenvalue weighted by Crippen LogP contribution is 1.98. The monoisotopic (exact) mass is 188 g/mol. The second-order valence-electron chi connectivity index (χ2n) is 2.96. The highest BCUT2D eigenvalue weighted by molar-refractivity contribution is 5.73. The van der Waals surface area contributed by atoms with E-state index in [1.807, 2.05) is 13.0 Å². The Morgan fingerprint density at radius 2 is 2.36 bits per heavy atom. The van der Waals surface area contributed by atoms with Crippen LogP contribution in [0.2, 0.25) is 0 Å². The first-order chi connectivity index (χ1) is 6.68. The number of aromatic nitrogens is 1. The maximum atomic E-state index is 10.5. The Morgan fingerprint density at radius 3 is 3.00 bits per heavy atom. The Balaban J connectivity index is 2.55. The number of hydrogen-bond donors (Lipinski definition) is 1. The highest BCUT2D eigenvalue weighted by Gasteiger charge is 1.88. The van der Waals surface area contributed by atoms with Gasteiger partial charge in [-0.05, 0) is 18.6 Å². The van der Waals surface area contributed by atoms with Crippen LogP contribution >= 0.6 is 0 Å². The molecule has 0 fully saturated rings. The van der Waals surface area contributed by atoms with Crippen LogP contribution in [0, 0.1) is 18.8 Å². The molecule has 0 bridgehead atoms. The summed E-state index contributed by atoms with van der Waals surface area (Å²) in [6.07, 6.45) is 3.48. The molecule has 1 rings (SSSR count). The van der Waals surface area contributed by atoms with Gasteiger partial charge < -0.3 is 5.32 Å². The minimum absolute atomic E-state index is 0.0679. The molecule has 1 N–H and O–H groups in total. The van der Waals surface area contributed by atoms with Gasteiger partial charge in [-0.2, -0.15) is 0 Å². The summed E-state index contributed by atoms with van der Waals surface area (Å²) in [5.74, 6) is 5.68. The molecule has 1 heterocycles. The van der Waals surface area contributed by atoms with E-state index in [2.05, 4.69) is 22.1 Å². The summed E-state index contributed by atoms with van der Waals surface area (Å²) in [5.41, 5.74) is 1.95. The zero-order chi connectivity index (χ0) is 10.4. The van der Waals surface area contributed by atoms with E-state index in [0.717, 1.165) is 11.1 Å². The third-order valence-corrected chi connectivity index (χ3v) is 1.53. The molecule has 1 aromatic rings. The van der Waals surface area contributed by atoms with E-state index in [9.17, 15) is 4.79 Å². The fourth-order valence-electron chi connectivity index (χ4n) is 0.938. The summed E-state index contributed by atoms with van der Waals surface area (Å²) in [5, 5.41) is 2.60. The summed E-state index contributed by atoms with van der Waals surface area (Å²) in [4.78, 5) is 14.5. The Hall–Kier alpha value is -1.82. The van der Waals surface area contributed by atoms with Gasteiger partial charge in [-0.25, -0.2) is 0 Å². The molecule has 0 unspecified atom stereocenters. The van der Waals surface area contributed by atoms with Crippen LogP contribution in [-0.4, -0.2) is 17.4 Å². The lowest BCUT2D eigenvalue weighted by Gasteiger charge is -1.93. The number of carbonyl (C=O) groups is 1. The van der Waals surface area contributed by atoms with Crippen LogP contribution in [0.5, 0.6) is 0 Å². The van der Waals surface area contributed by atoms with Crippen molar-refractivity contribution in [3.05, 3.63) is 29.6 Å². The van der Waals surface area contributed by atoms with E-state index < -0.39 is 0 Å². The molecule has 0 aliphatic heterocycles. The van der Waals surface area contributed by atoms with Crippen LogP contribution in [0.25, 0.3) is 0 Å². The normalized spacial score (nSPS) is 8.71. The van der Waals surface area contributed by atoms with Gasteiger partial charge in [-0.1, -0.05) is 11.8 Å². The van der Waals surface area contributed by atoms with Gasteiger partial charge in [0.15, 0.2) is 0 Å². The van der Waals surface area contributed by atoms with E-state index >= 15 is 0 Å². The van der Waals surface area contributed by atoms with E-state index in [1.165, 1.54) is 6.92 Å². The van der Waals surface area contributed by atoms with Crippen molar-refractivity contribution >= 4 is 5.91 Å². The van der Waals surface area contributed by atoms with Crippen LogP contribution in [0.3, 0.4) is 0 Å². The molecular formula is C11H12N2O. The maximum Gasteiger partial charge on any atom is 0.217 e. The molecule has 3 heteroatoms. The average molecular weight is 188 g/mol. The van der Waals surface area contributed by atoms with Crippen LogP contribution < -0.4 is 5.32 Å². The predicted octanol–water partition coefficient (Wildman–Crippen LogP) is 0.878. The summed E-state index contributed by atoms with van der Waals surface area (Å²) >= 11 is 0. The van der Waals surface area contributed by atoms with Crippen molar-refractivity contribution in [3.8, 4) is 11.8 Å². The van der Waals surface area contributed by atoms with Crippen molar-refractivity contribution in [2.45, 2.75) is 13.8 Å². The van der Waals surface area contributed by atoms with Gasteiger partial charge in [0.2, 0.25) is 5.91 Å². The lowest BCUT2D eigenvalue weighted by Crippen LogP contribution is -2.19. The molecule has 3 nitrogen and oxygen atoms in total. The van der Waals surface area contributed by atoms with Crippen LogP contribution in [0.1, 0.15) is 18.1 Å². The summed E-state index contributed by atoms with van der Waals surface area (Å²) < 4.78 is 0. The number of rotatable bonds is 1. The largest absolute Gasteiger partial charge is 0.345 e. The summed E-state index contributed by atoms with van der Waals surface area (Å²) in [7, 11) is 0. The second-order valence-corrected chi connectivity index (χ2v) is 2.96. The zero-order valence-electron chi connectivity index (χ0n) is 8.29. The molecule has 14 heavy (non-hydrogen) atoms. The smallest absolute Gasteiger partial charge is 0.217 e. The molecule has 0 aliphatic rings. The van der Waals surface area contributed by atoms with E-state index in [1.54, 1.807) is 12.4 Å². The van der Waals surface area contributed by atoms with Crippen molar-refractivity contribution in [1.82, 2.24) is 10.3 Å². The van der Waals surface area contributed by atoms with Gasteiger partial charge in [0.25, 0.3) is 0 Å². The first-order valence-corrected chi connectivity index (χ1v) is 4.33. The number of hydrogen-bond acceptors (Lipinski definition) is 2. The number of pyridine rings is 1. The van der Waals surface area contributed by atoms with Crippen molar-refractivity contribution in [3.63, 3.8) is 0 Å². The van der Waals surface area contributed by atoms with Gasteiger partial charge in [-0.15, -0.1) is 0 Å². The topological polar surface area (TPSA) is 42.0 Å². The number of aryl methyl sites for hydroxylation is 1. The lowest BCUT2D eigenvalue weighted by molar-refractivity contribution is -0.118. The molecule has 0 aliphatic carbocycles. The quantitative estimate of drug-likeness (QED) is 0.665. The maximum absolute atomic E-state index is 10.5. The van der Waals surface area contributed by atoms with Crippen molar-refractivity contribution in [2.75, 3.05) is 6.54 Å². The van der Waals surface area contributed by atoms with Gasteiger partial charge >= 0.3 is 0 Å². The number of carbonyl (C=O) groups excluding carboxylic acids is 1. The van der Waals surface area contributed by atoms with Gasteiger partial charge in [-0.3, -0.25) is 9.78 Å². The standard InChI is InChI=1S/C11H12N2O/c1-9-6-11(8-12-7-9)4-3-5-13-10(2)14/h6-8H,5H2,1-2H3,(H,13,14). The van der Waals surface area contributed by atoms with E-state index in [4.69, 9.17) is 0 Å². The molecule has 0 saturated heterocycles. The van der Waals surface area contributed by atoms with Crippen LogP contribution in [0.15, 0.2) is 18.5 Å². The summed E-state index contributed by atoms with van der Waals surface area (Å²) in [6, 6.07) is 1.95. The van der Waals surface area contributed by atoms with Crippen molar-refractivity contribution in [1.29, 1.82) is 0 Å². The highest BCUT2D eigenvalue weighted by atomic mass is 16.1. The van der Waals surface area contributed by atoms with Gasteiger partial charge in [0, 0.05) is 24.9 Å². The Labute approximate surface area is 83.6 Å². The molecule has 0 saturated carbocycles.